The molecule has 7 heteroatoms. The van der Waals surface area contributed by atoms with Gasteiger partial charge in [-0.05, 0) is 57.5 Å². The smallest absolute Gasteiger partial charge is 0.242 e. The Balaban J connectivity index is 2.12. The van der Waals surface area contributed by atoms with E-state index in [1.807, 2.05) is 24.3 Å². The zero-order valence-corrected chi connectivity index (χ0v) is 19.3. The quantitative estimate of drug-likeness (QED) is 0.600. The predicted molar refractivity (Wildman–Crippen MR) is 120 cm³/mol. The standard InChI is InChI=1S/C22H27N3O2S2/c1-16-7-11-18(12-8-16)23-21-25(22(2,3)4)20(15-28-21)17-9-13-19(14-10-17)29(26,27)24(5)6/h7-15H,1-6H3. The summed E-state index contributed by atoms with van der Waals surface area (Å²) in [6, 6.07) is 15.2. The van der Waals surface area contributed by atoms with Gasteiger partial charge in [0.15, 0.2) is 4.80 Å². The van der Waals surface area contributed by atoms with Gasteiger partial charge in [0.1, 0.15) is 0 Å². The lowest BCUT2D eigenvalue weighted by atomic mass is 10.1. The highest BCUT2D eigenvalue weighted by atomic mass is 32.2. The molecule has 2 aromatic carbocycles. The Morgan fingerprint density at radius 1 is 0.966 bits per heavy atom. The van der Waals surface area contributed by atoms with E-state index in [1.54, 1.807) is 23.5 Å². The molecule has 0 saturated heterocycles. The lowest BCUT2D eigenvalue weighted by Gasteiger charge is -2.24. The maximum absolute atomic E-state index is 12.3. The van der Waals surface area contributed by atoms with Crippen molar-refractivity contribution in [1.82, 2.24) is 8.87 Å². The van der Waals surface area contributed by atoms with Crippen molar-refractivity contribution in [2.75, 3.05) is 14.1 Å². The van der Waals surface area contributed by atoms with Crippen molar-refractivity contribution < 1.29 is 8.42 Å². The van der Waals surface area contributed by atoms with Gasteiger partial charge in [0, 0.05) is 25.0 Å². The van der Waals surface area contributed by atoms with Crippen molar-refractivity contribution in [1.29, 1.82) is 0 Å². The first-order valence-corrected chi connectivity index (χ1v) is 11.7. The Morgan fingerprint density at radius 3 is 2.07 bits per heavy atom. The average molecular weight is 430 g/mol. The molecule has 154 valence electrons. The van der Waals surface area contributed by atoms with E-state index in [9.17, 15) is 8.42 Å². The van der Waals surface area contributed by atoms with E-state index in [-0.39, 0.29) is 10.4 Å². The normalized spacial score (nSPS) is 13.3. The van der Waals surface area contributed by atoms with E-state index in [2.05, 4.69) is 49.8 Å². The Morgan fingerprint density at radius 2 is 1.55 bits per heavy atom. The first-order chi connectivity index (χ1) is 13.5. The fourth-order valence-corrected chi connectivity index (χ4v) is 4.97. The van der Waals surface area contributed by atoms with Crippen LogP contribution < -0.4 is 4.80 Å². The van der Waals surface area contributed by atoms with Gasteiger partial charge in [-0.25, -0.2) is 17.7 Å². The highest BCUT2D eigenvalue weighted by molar-refractivity contribution is 7.89. The molecular formula is C22H27N3O2S2. The largest absolute Gasteiger partial charge is 0.311 e. The van der Waals surface area contributed by atoms with Crippen molar-refractivity contribution in [3.05, 3.63) is 64.3 Å². The van der Waals surface area contributed by atoms with Crippen molar-refractivity contribution >= 4 is 27.0 Å². The molecule has 0 aliphatic heterocycles. The third-order valence-electron chi connectivity index (χ3n) is 4.57. The number of hydrogen-bond donors (Lipinski definition) is 0. The van der Waals surface area contributed by atoms with Gasteiger partial charge in [-0.3, -0.25) is 0 Å². The fraction of sp³-hybridized carbons (Fsp3) is 0.318. The van der Waals surface area contributed by atoms with Crippen molar-refractivity contribution in [3.63, 3.8) is 0 Å². The van der Waals surface area contributed by atoms with Crippen LogP contribution in [0.4, 0.5) is 5.69 Å². The monoisotopic (exact) mass is 429 g/mol. The van der Waals surface area contributed by atoms with E-state index in [0.717, 1.165) is 21.7 Å². The summed E-state index contributed by atoms with van der Waals surface area (Å²) >= 11 is 1.58. The van der Waals surface area contributed by atoms with Crippen LogP contribution >= 0.6 is 11.3 Å². The molecule has 0 unspecified atom stereocenters. The second-order valence-electron chi connectivity index (χ2n) is 8.17. The molecule has 29 heavy (non-hydrogen) atoms. The number of nitrogens with zero attached hydrogens (tertiary/aromatic N) is 3. The minimum Gasteiger partial charge on any atom is -0.311 e. The minimum atomic E-state index is -3.44. The van der Waals surface area contributed by atoms with Gasteiger partial charge in [0.2, 0.25) is 10.0 Å². The number of aromatic nitrogens is 1. The van der Waals surface area contributed by atoms with Gasteiger partial charge < -0.3 is 4.57 Å². The van der Waals surface area contributed by atoms with Gasteiger partial charge in [0.05, 0.1) is 16.3 Å². The van der Waals surface area contributed by atoms with Gasteiger partial charge in [-0.2, -0.15) is 0 Å². The lowest BCUT2D eigenvalue weighted by molar-refractivity contribution is 0.392. The second kappa shape index (κ2) is 7.89. The van der Waals surface area contributed by atoms with Gasteiger partial charge >= 0.3 is 0 Å². The van der Waals surface area contributed by atoms with E-state index in [4.69, 9.17) is 4.99 Å². The van der Waals surface area contributed by atoms with Crippen LogP contribution in [0.1, 0.15) is 26.3 Å². The van der Waals surface area contributed by atoms with Crippen LogP contribution in [-0.4, -0.2) is 31.4 Å². The van der Waals surface area contributed by atoms with Crippen LogP contribution in [0.2, 0.25) is 0 Å². The molecule has 0 fully saturated rings. The summed E-state index contributed by atoms with van der Waals surface area (Å²) in [4.78, 5) is 6.04. The summed E-state index contributed by atoms with van der Waals surface area (Å²) in [5.41, 5.74) is 3.90. The topological polar surface area (TPSA) is 54.7 Å². The summed E-state index contributed by atoms with van der Waals surface area (Å²) in [7, 11) is -0.370. The lowest BCUT2D eigenvalue weighted by Crippen LogP contribution is -2.31. The van der Waals surface area contributed by atoms with Crippen LogP contribution in [0.25, 0.3) is 11.3 Å². The molecule has 0 aliphatic rings. The van der Waals surface area contributed by atoms with E-state index in [1.165, 1.54) is 24.0 Å². The van der Waals surface area contributed by atoms with Gasteiger partial charge in [-0.15, -0.1) is 11.3 Å². The second-order valence-corrected chi connectivity index (χ2v) is 11.2. The molecule has 0 N–H and O–H groups in total. The number of sulfonamides is 1. The molecule has 1 aromatic heterocycles. The summed E-state index contributed by atoms with van der Waals surface area (Å²) in [5, 5.41) is 2.08. The van der Waals surface area contributed by atoms with Crippen LogP contribution in [0.15, 0.2) is 63.8 Å². The molecule has 0 amide bonds. The average Bonchev–Trinajstić information content (AvgIpc) is 3.07. The number of benzene rings is 2. The third kappa shape index (κ3) is 4.52. The molecule has 0 bridgehead atoms. The highest BCUT2D eigenvalue weighted by Crippen LogP contribution is 2.28. The summed E-state index contributed by atoms with van der Waals surface area (Å²) in [5.74, 6) is 0. The maximum atomic E-state index is 12.3. The molecule has 3 aromatic rings. The number of rotatable bonds is 4. The predicted octanol–water partition coefficient (Wildman–Crippen LogP) is 4.76. The minimum absolute atomic E-state index is 0.187. The molecule has 5 nitrogen and oxygen atoms in total. The van der Waals surface area contributed by atoms with Crippen LogP contribution in [0, 0.1) is 6.92 Å². The molecule has 0 atom stereocenters. The Hall–Kier alpha value is -2.22. The summed E-state index contributed by atoms with van der Waals surface area (Å²) in [6.07, 6.45) is 0. The third-order valence-corrected chi connectivity index (χ3v) is 7.22. The summed E-state index contributed by atoms with van der Waals surface area (Å²) in [6.45, 7) is 8.48. The van der Waals surface area contributed by atoms with Crippen LogP contribution in [0.5, 0.6) is 0 Å². The molecule has 0 radical (unpaired) electrons. The van der Waals surface area contributed by atoms with Crippen molar-refractivity contribution in [3.8, 4) is 11.3 Å². The molecule has 1 heterocycles. The highest BCUT2D eigenvalue weighted by Gasteiger charge is 2.21. The Kier molecular flexibility index (Phi) is 5.85. The molecule has 0 saturated carbocycles. The maximum Gasteiger partial charge on any atom is 0.242 e. The number of aryl methyl sites for hydroxylation is 1. The molecule has 3 rings (SSSR count). The van der Waals surface area contributed by atoms with Crippen LogP contribution in [0.3, 0.4) is 0 Å². The van der Waals surface area contributed by atoms with Gasteiger partial charge in [0.25, 0.3) is 0 Å². The van der Waals surface area contributed by atoms with Gasteiger partial charge in [-0.1, -0.05) is 29.8 Å². The molecule has 0 aliphatic carbocycles. The van der Waals surface area contributed by atoms with E-state index in [0.29, 0.717) is 0 Å². The Bertz CT molecular complexity index is 1160. The van der Waals surface area contributed by atoms with E-state index < -0.39 is 10.0 Å². The number of thiazole rings is 1. The fourth-order valence-electron chi connectivity index (χ4n) is 2.98. The SMILES string of the molecule is Cc1ccc(N=c2scc(-c3ccc(S(=O)(=O)N(C)C)cc3)n2C(C)(C)C)cc1. The summed E-state index contributed by atoms with van der Waals surface area (Å²) < 4.78 is 28.1. The first kappa shape index (κ1) is 21.5. The zero-order valence-electron chi connectivity index (χ0n) is 17.7. The number of hydrogen-bond acceptors (Lipinski definition) is 4. The first-order valence-electron chi connectivity index (χ1n) is 9.35. The Labute approximate surface area is 177 Å². The van der Waals surface area contributed by atoms with Crippen molar-refractivity contribution in [2.45, 2.75) is 38.1 Å². The molecule has 0 spiro atoms. The molecular weight excluding hydrogens is 402 g/mol. The van der Waals surface area contributed by atoms with E-state index >= 15 is 0 Å². The van der Waals surface area contributed by atoms with Crippen LogP contribution in [-0.2, 0) is 15.6 Å². The van der Waals surface area contributed by atoms with Crippen molar-refractivity contribution in [2.24, 2.45) is 4.99 Å². The zero-order chi connectivity index (χ0) is 21.4.